The van der Waals surface area contributed by atoms with E-state index in [9.17, 15) is 4.79 Å². The lowest BCUT2D eigenvalue weighted by Gasteiger charge is -2.08. The molecule has 2 N–H and O–H groups in total. The zero-order chi connectivity index (χ0) is 17.1. The summed E-state index contributed by atoms with van der Waals surface area (Å²) in [5, 5.41) is 10.6. The Morgan fingerprint density at radius 1 is 0.880 bits per heavy atom. The Kier molecular flexibility index (Phi) is 3.88. The minimum absolute atomic E-state index is 0.188. The third-order valence-electron chi connectivity index (χ3n) is 3.81. The number of aromatic amines is 1. The van der Waals surface area contributed by atoms with Crippen LogP contribution >= 0.6 is 0 Å². The summed E-state index contributed by atoms with van der Waals surface area (Å²) >= 11 is 0. The summed E-state index contributed by atoms with van der Waals surface area (Å²) in [6, 6.07) is 22.3. The Hall–Kier alpha value is -3.60. The van der Waals surface area contributed by atoms with Crippen LogP contribution in [-0.2, 0) is 0 Å². The molecule has 0 saturated heterocycles. The molecule has 1 heterocycles. The molecular formula is C20H15N3O2. The second kappa shape index (κ2) is 6.49. The molecule has 1 amide bonds. The predicted octanol–water partition coefficient (Wildman–Crippen LogP) is 4.61. The third kappa shape index (κ3) is 3.21. The van der Waals surface area contributed by atoms with Gasteiger partial charge in [-0.25, -0.2) is 0 Å². The van der Waals surface area contributed by atoms with Gasteiger partial charge in [-0.2, -0.15) is 5.10 Å². The number of amides is 1. The summed E-state index contributed by atoms with van der Waals surface area (Å²) in [7, 11) is 0. The van der Waals surface area contributed by atoms with Gasteiger partial charge in [-0.3, -0.25) is 9.89 Å². The highest BCUT2D eigenvalue weighted by Crippen LogP contribution is 2.23. The molecule has 0 spiro atoms. The number of ether oxygens (including phenoxy) is 1. The first kappa shape index (κ1) is 15.0. The molecule has 0 saturated carbocycles. The molecule has 0 atom stereocenters. The monoisotopic (exact) mass is 329 g/mol. The van der Waals surface area contributed by atoms with Crippen LogP contribution in [0.1, 0.15) is 10.4 Å². The van der Waals surface area contributed by atoms with E-state index in [-0.39, 0.29) is 5.91 Å². The Morgan fingerprint density at radius 2 is 1.64 bits per heavy atom. The fourth-order valence-corrected chi connectivity index (χ4v) is 2.59. The van der Waals surface area contributed by atoms with Gasteiger partial charge in [0.05, 0.1) is 17.3 Å². The number of anilines is 1. The Balaban J connectivity index is 1.49. The van der Waals surface area contributed by atoms with Gasteiger partial charge in [0, 0.05) is 11.1 Å². The van der Waals surface area contributed by atoms with Crippen LogP contribution in [-0.4, -0.2) is 16.1 Å². The first-order valence-corrected chi connectivity index (χ1v) is 7.86. The molecule has 0 fully saturated rings. The zero-order valence-corrected chi connectivity index (χ0v) is 13.3. The van der Waals surface area contributed by atoms with E-state index in [0.29, 0.717) is 17.0 Å². The summed E-state index contributed by atoms with van der Waals surface area (Å²) < 4.78 is 5.74. The lowest BCUT2D eigenvalue weighted by atomic mass is 10.1. The maximum Gasteiger partial charge on any atom is 0.257 e. The van der Waals surface area contributed by atoms with Crippen molar-refractivity contribution in [3.05, 3.63) is 84.6 Å². The maximum absolute atomic E-state index is 12.5. The van der Waals surface area contributed by atoms with E-state index in [2.05, 4.69) is 15.5 Å². The number of hydrogen-bond donors (Lipinski definition) is 2. The smallest absolute Gasteiger partial charge is 0.257 e. The summed E-state index contributed by atoms with van der Waals surface area (Å²) in [6.45, 7) is 0. The van der Waals surface area contributed by atoms with Crippen LogP contribution in [0.25, 0.3) is 10.9 Å². The SMILES string of the molecule is O=C(Nc1ccc(Oc2ccccc2)cc1)c1cccc2cn[nH]c12. The molecule has 0 bridgehead atoms. The molecule has 0 aliphatic heterocycles. The number of carbonyl (C=O) groups is 1. The Labute approximate surface area is 144 Å². The molecule has 0 aliphatic carbocycles. The molecule has 4 rings (SSSR count). The maximum atomic E-state index is 12.5. The van der Waals surface area contributed by atoms with Crippen molar-refractivity contribution in [1.29, 1.82) is 0 Å². The van der Waals surface area contributed by atoms with Crippen LogP contribution in [0, 0.1) is 0 Å². The van der Waals surface area contributed by atoms with Gasteiger partial charge in [0.25, 0.3) is 5.91 Å². The van der Waals surface area contributed by atoms with Crippen LogP contribution in [0.4, 0.5) is 5.69 Å². The number of nitrogens with zero attached hydrogens (tertiary/aromatic N) is 1. The van der Waals surface area contributed by atoms with Crippen molar-refractivity contribution < 1.29 is 9.53 Å². The van der Waals surface area contributed by atoms with Gasteiger partial charge in [-0.15, -0.1) is 0 Å². The molecule has 0 radical (unpaired) electrons. The van der Waals surface area contributed by atoms with Gasteiger partial charge in [0.2, 0.25) is 0 Å². The predicted molar refractivity (Wildman–Crippen MR) is 97.0 cm³/mol. The van der Waals surface area contributed by atoms with Crippen molar-refractivity contribution in [2.45, 2.75) is 0 Å². The fourth-order valence-electron chi connectivity index (χ4n) is 2.59. The second-order valence-electron chi connectivity index (χ2n) is 5.53. The van der Waals surface area contributed by atoms with Crippen LogP contribution in [0.5, 0.6) is 11.5 Å². The highest BCUT2D eigenvalue weighted by atomic mass is 16.5. The van der Waals surface area contributed by atoms with Crippen LogP contribution in [0.15, 0.2) is 79.0 Å². The zero-order valence-electron chi connectivity index (χ0n) is 13.3. The van der Waals surface area contributed by atoms with Gasteiger partial charge >= 0.3 is 0 Å². The van der Waals surface area contributed by atoms with Crippen LogP contribution in [0.2, 0.25) is 0 Å². The van der Waals surface area contributed by atoms with Gasteiger partial charge in [-0.1, -0.05) is 30.3 Å². The summed E-state index contributed by atoms with van der Waals surface area (Å²) in [5.74, 6) is 1.29. The minimum atomic E-state index is -0.188. The molecule has 0 aliphatic rings. The lowest BCUT2D eigenvalue weighted by molar-refractivity contribution is 0.102. The Morgan fingerprint density at radius 3 is 2.44 bits per heavy atom. The van der Waals surface area contributed by atoms with E-state index in [1.54, 1.807) is 12.3 Å². The van der Waals surface area contributed by atoms with Crippen molar-refractivity contribution in [3.63, 3.8) is 0 Å². The lowest BCUT2D eigenvalue weighted by Crippen LogP contribution is -2.12. The Bertz CT molecular complexity index is 1010. The molecule has 0 unspecified atom stereocenters. The number of carbonyl (C=O) groups excluding carboxylic acids is 1. The average Bonchev–Trinajstić information content (AvgIpc) is 3.13. The van der Waals surface area contributed by atoms with Crippen LogP contribution in [0.3, 0.4) is 0 Å². The van der Waals surface area contributed by atoms with Gasteiger partial charge in [0.1, 0.15) is 11.5 Å². The minimum Gasteiger partial charge on any atom is -0.457 e. The highest BCUT2D eigenvalue weighted by Gasteiger charge is 2.11. The molecule has 5 nitrogen and oxygen atoms in total. The van der Waals surface area contributed by atoms with Crippen molar-refractivity contribution >= 4 is 22.5 Å². The molecule has 25 heavy (non-hydrogen) atoms. The van der Waals surface area contributed by atoms with E-state index in [1.165, 1.54) is 0 Å². The van der Waals surface area contributed by atoms with Gasteiger partial charge in [0.15, 0.2) is 0 Å². The van der Waals surface area contributed by atoms with Gasteiger partial charge in [-0.05, 0) is 42.5 Å². The molecule has 3 aromatic carbocycles. The summed E-state index contributed by atoms with van der Waals surface area (Å²) in [5.41, 5.74) is 1.98. The van der Waals surface area contributed by atoms with E-state index in [4.69, 9.17) is 4.74 Å². The second-order valence-corrected chi connectivity index (χ2v) is 5.53. The first-order valence-electron chi connectivity index (χ1n) is 7.86. The first-order chi connectivity index (χ1) is 12.3. The molecule has 5 heteroatoms. The number of para-hydroxylation sites is 2. The topological polar surface area (TPSA) is 67.0 Å². The number of nitrogens with one attached hydrogen (secondary N) is 2. The number of fused-ring (bicyclic) bond motifs is 1. The van der Waals surface area contributed by atoms with E-state index < -0.39 is 0 Å². The van der Waals surface area contributed by atoms with Crippen molar-refractivity contribution in [1.82, 2.24) is 10.2 Å². The molecular weight excluding hydrogens is 314 g/mol. The fraction of sp³-hybridized carbons (Fsp3) is 0. The van der Waals surface area contributed by atoms with Crippen molar-refractivity contribution in [2.75, 3.05) is 5.32 Å². The van der Waals surface area contributed by atoms with Gasteiger partial charge < -0.3 is 10.1 Å². The quantitative estimate of drug-likeness (QED) is 0.574. The molecule has 4 aromatic rings. The average molecular weight is 329 g/mol. The number of hydrogen-bond acceptors (Lipinski definition) is 3. The highest BCUT2D eigenvalue weighted by molar-refractivity contribution is 6.11. The molecule has 122 valence electrons. The van der Waals surface area contributed by atoms with Crippen molar-refractivity contribution in [3.8, 4) is 11.5 Å². The summed E-state index contributed by atoms with van der Waals surface area (Å²) in [4.78, 5) is 12.5. The van der Waals surface area contributed by atoms with E-state index >= 15 is 0 Å². The third-order valence-corrected chi connectivity index (χ3v) is 3.81. The van der Waals surface area contributed by atoms with Crippen molar-refractivity contribution in [2.24, 2.45) is 0 Å². The molecule has 1 aromatic heterocycles. The van der Waals surface area contributed by atoms with Crippen LogP contribution < -0.4 is 10.1 Å². The van der Waals surface area contributed by atoms with E-state index in [0.717, 1.165) is 16.7 Å². The number of H-pyrrole nitrogens is 1. The number of rotatable bonds is 4. The largest absolute Gasteiger partial charge is 0.457 e. The summed E-state index contributed by atoms with van der Waals surface area (Å²) in [6.07, 6.45) is 1.70. The number of aromatic nitrogens is 2. The van der Waals surface area contributed by atoms with E-state index in [1.807, 2.05) is 66.7 Å². The standard InChI is InChI=1S/C20H15N3O2/c24-20(18-8-4-5-14-13-21-23-19(14)18)22-15-9-11-17(12-10-15)25-16-6-2-1-3-7-16/h1-13H,(H,21,23)(H,22,24). The normalized spacial score (nSPS) is 10.6. The number of benzene rings is 3.